The lowest BCUT2D eigenvalue weighted by atomic mass is 9.85. The fraction of sp³-hybridized carbons (Fsp3) is 0.738. The molecule has 8 atom stereocenters. The largest absolute Gasteiger partial charge is 0.480 e. The van der Waals surface area contributed by atoms with E-state index in [4.69, 9.17) is 15.8 Å². The fourth-order valence-electron chi connectivity index (χ4n) is 12.2. The van der Waals surface area contributed by atoms with Crippen molar-refractivity contribution in [3.05, 3.63) is 29.6 Å². The van der Waals surface area contributed by atoms with Gasteiger partial charge < -0.3 is 83.6 Å². The van der Waals surface area contributed by atoms with Crippen LogP contribution in [0, 0.1) is 11.8 Å². The lowest BCUT2D eigenvalue weighted by Gasteiger charge is -2.42. The maximum absolute atomic E-state index is 15.1. The van der Waals surface area contributed by atoms with Gasteiger partial charge in [0.1, 0.15) is 41.9 Å². The van der Waals surface area contributed by atoms with Crippen LogP contribution in [0.3, 0.4) is 0 Å². The second-order valence-corrected chi connectivity index (χ2v) is 29.0. The number of hydrogen-bond acceptors (Lipinski definition) is 24. The molecular formula is C65H107N15O19S2. The molecule has 0 saturated carbocycles. The number of primary amides is 1. The highest BCUT2D eigenvalue weighted by Crippen LogP contribution is 2.26. The van der Waals surface area contributed by atoms with Gasteiger partial charge >= 0.3 is 17.9 Å². The molecule has 3 saturated heterocycles. The quantitative estimate of drug-likeness (QED) is 0.0394. The lowest BCUT2D eigenvalue weighted by Crippen LogP contribution is -2.66. The number of carboxylic acids is 3. The summed E-state index contributed by atoms with van der Waals surface area (Å²) in [6.07, 6.45) is -3.93. The van der Waals surface area contributed by atoms with Crippen LogP contribution in [-0.4, -0.2) is 331 Å². The molecule has 101 heavy (non-hydrogen) atoms. The molecule has 0 aromatic carbocycles. The fourth-order valence-corrected chi connectivity index (χ4v) is 14.0. The van der Waals surface area contributed by atoms with Crippen LogP contribution in [0.2, 0.25) is 0 Å². The highest BCUT2D eigenvalue weighted by Gasteiger charge is 2.46. The van der Waals surface area contributed by atoms with Gasteiger partial charge in [-0.2, -0.15) is 23.5 Å². The molecule has 3 fully saturated rings. The number of carboxylic acid groups (broad SMARTS) is 3. The molecule has 568 valence electrons. The first kappa shape index (κ1) is 84.8. The summed E-state index contributed by atoms with van der Waals surface area (Å²) < 4.78 is 0. The molecular weight excluding hydrogens is 1360 g/mol. The molecule has 9 amide bonds. The first-order valence-corrected chi connectivity index (χ1v) is 37.0. The van der Waals surface area contributed by atoms with E-state index in [-0.39, 0.29) is 173 Å². The molecule has 0 unspecified atom stereocenters. The van der Waals surface area contributed by atoms with E-state index in [0.717, 1.165) is 5.69 Å². The number of amides is 9. The van der Waals surface area contributed by atoms with Crippen molar-refractivity contribution in [3.63, 3.8) is 0 Å². The van der Waals surface area contributed by atoms with Crippen LogP contribution in [0.5, 0.6) is 0 Å². The summed E-state index contributed by atoms with van der Waals surface area (Å²) >= 11 is 2.81. The Morgan fingerprint density at radius 2 is 1.23 bits per heavy atom. The van der Waals surface area contributed by atoms with E-state index in [0.29, 0.717) is 55.3 Å². The van der Waals surface area contributed by atoms with E-state index >= 15 is 4.79 Å². The summed E-state index contributed by atoms with van der Waals surface area (Å²) in [4.78, 5) is 176. The molecule has 4 aliphatic heterocycles. The minimum absolute atomic E-state index is 0.000581. The highest BCUT2D eigenvalue weighted by molar-refractivity contribution is 7.98. The molecule has 34 nitrogen and oxygen atoms in total. The summed E-state index contributed by atoms with van der Waals surface area (Å²) in [6, 6.07) is 0.404. The van der Waals surface area contributed by atoms with Gasteiger partial charge in [0.2, 0.25) is 53.2 Å². The van der Waals surface area contributed by atoms with Gasteiger partial charge in [-0.1, -0.05) is 40.2 Å². The molecule has 5 heterocycles. The van der Waals surface area contributed by atoms with Crippen molar-refractivity contribution >= 4 is 94.6 Å². The van der Waals surface area contributed by atoms with Crippen molar-refractivity contribution in [1.82, 2.24) is 71.6 Å². The van der Waals surface area contributed by atoms with Gasteiger partial charge in [0, 0.05) is 127 Å². The number of nitrogens with two attached hydrogens (primary N) is 1. The Balaban J connectivity index is 1.29. The molecule has 2 bridgehead atoms. The van der Waals surface area contributed by atoms with Crippen LogP contribution in [0.15, 0.2) is 18.2 Å². The number of aliphatic carboxylic acids is 3. The maximum atomic E-state index is 15.1. The van der Waals surface area contributed by atoms with Crippen LogP contribution in [-0.2, 0) is 69.0 Å². The van der Waals surface area contributed by atoms with E-state index in [1.807, 2.05) is 43.9 Å². The Hall–Kier alpha value is -6.87. The third kappa shape index (κ3) is 30.2. The average Bonchev–Trinajstić information content (AvgIpc) is 0.792. The minimum atomic E-state index is -1.63. The van der Waals surface area contributed by atoms with Crippen LogP contribution >= 0.6 is 23.5 Å². The molecule has 36 heteroatoms. The molecule has 5 rings (SSSR count). The first-order chi connectivity index (χ1) is 48.0. The Morgan fingerprint density at radius 3 is 1.75 bits per heavy atom. The Labute approximate surface area is 597 Å². The Kier molecular flexibility index (Phi) is 36.3. The third-order valence-electron chi connectivity index (χ3n) is 18.4. The summed E-state index contributed by atoms with van der Waals surface area (Å²) in [5, 5.41) is 87.4. The maximum Gasteiger partial charge on any atom is 0.317 e. The van der Waals surface area contributed by atoms with Crippen LogP contribution < -0.4 is 43.0 Å². The number of thioether (sulfide) groups is 2. The average molecular weight is 1470 g/mol. The number of carbonyl (C=O) groups excluding carboxylic acids is 9. The number of likely N-dealkylation sites (tertiary alicyclic amines) is 2. The number of nitrogens with one attached hydrogen (secondary N) is 7. The topological polar surface area (TPSA) is 489 Å². The van der Waals surface area contributed by atoms with Crippen LogP contribution in [0.1, 0.15) is 103 Å². The molecule has 1 aromatic rings. The number of piperidine rings is 2. The predicted octanol–water partition coefficient (Wildman–Crippen LogP) is -4.64. The molecule has 4 aliphatic rings. The normalized spacial score (nSPS) is 22.5. The zero-order valence-electron chi connectivity index (χ0n) is 58.4. The second-order valence-electron chi connectivity index (χ2n) is 26.9. The number of pyridine rings is 1. The van der Waals surface area contributed by atoms with E-state index in [9.17, 15) is 83.4 Å². The Morgan fingerprint density at radius 1 is 0.683 bits per heavy atom. The molecule has 0 aliphatic carbocycles. The smallest absolute Gasteiger partial charge is 0.317 e. The summed E-state index contributed by atoms with van der Waals surface area (Å²) in [5.41, 5.74) is 5.38. The highest BCUT2D eigenvalue weighted by atomic mass is 32.2. The predicted molar refractivity (Wildman–Crippen MR) is 372 cm³/mol. The lowest BCUT2D eigenvalue weighted by molar-refractivity contribution is -0.142. The molecule has 1 aromatic heterocycles. The van der Waals surface area contributed by atoms with Crippen molar-refractivity contribution in [3.8, 4) is 0 Å². The SMILES string of the molecule is CC[C@H](C)[C@@H]1NC(=O)[C@H](CC(C)C)NC(=O)C2(CCN(C(=O)CN3CCN(CC(=O)O)CCN(CC(=O)O)CCN(CC(=O)O)CC3)CC2)NC(=O)CCSCc2cccc(n2)CSC[C@@H](C(=O)NC2CCN(CC(=O)N[C@H](CCC(=O)NCC[C@@H](O)[C@H](O)[C@H](O)CO)C(N)=O)CC2)NC1=O. The van der Waals surface area contributed by atoms with Crippen molar-refractivity contribution < 1.29 is 93.3 Å². The number of hydrogen-bond donors (Lipinski definition) is 15. The number of nitrogens with zero attached hydrogens (tertiary/aromatic N) is 7. The van der Waals surface area contributed by atoms with Crippen molar-refractivity contribution in [2.75, 3.05) is 136 Å². The Bertz CT molecular complexity index is 2900. The van der Waals surface area contributed by atoms with Gasteiger partial charge in [-0.3, -0.25) is 87.0 Å². The number of fused-ring (bicyclic) bond motifs is 2. The molecule has 1 spiro atoms. The molecule has 16 N–H and O–H groups in total. The number of aliphatic hydroxyl groups excluding tert-OH is 4. The van der Waals surface area contributed by atoms with E-state index in [2.05, 4.69) is 37.2 Å². The van der Waals surface area contributed by atoms with Crippen LogP contribution in [0.4, 0.5) is 0 Å². The number of aromatic nitrogens is 1. The van der Waals surface area contributed by atoms with E-state index in [1.54, 1.807) is 31.4 Å². The monoisotopic (exact) mass is 1470 g/mol. The van der Waals surface area contributed by atoms with E-state index < -0.39 is 126 Å². The van der Waals surface area contributed by atoms with Gasteiger partial charge in [0.25, 0.3) is 0 Å². The zero-order chi connectivity index (χ0) is 74.3. The standard InChI is InChI=1S/C65H107N15O19S2/c1-5-42(4)58-63(98)71-48(62(97)69-43-12-18-75(19-13-43)32-53(86)70-46(60(66)95)9-10-51(84)67-17-11-49(82)59(94)50(83)37-81)40-101-39-45-8-6-7-44(68-45)38-100-30-14-52(85)74-65(64(99)72-47(31-41(2)3)61(96)73-58)15-20-80(21-16-65)54(87)33-76-22-24-77(34-55(88)89)26-28-79(36-57(92)93)29-27-78(25-23-76)35-56(90)91/h6-8,41-43,46-50,58-59,81-83,94H,5,9-40H2,1-4H3,(H2,66,95)(H,67,84)(H,69,97)(H,70,86)(H,71,98)(H,72,99)(H,73,96)(H,74,85)(H,88,89)(H,90,91)(H,92,93)/t42-,46+,47-,48-,49+,50+,58-,59-/m0/s1. The van der Waals surface area contributed by atoms with Gasteiger partial charge in [-0.25, -0.2) is 0 Å². The van der Waals surface area contributed by atoms with Gasteiger partial charge in [-0.05, 0) is 68.9 Å². The zero-order valence-corrected chi connectivity index (χ0v) is 60.0. The first-order valence-electron chi connectivity index (χ1n) is 34.6. The van der Waals surface area contributed by atoms with Crippen molar-refractivity contribution in [2.45, 2.75) is 157 Å². The minimum Gasteiger partial charge on any atom is -0.480 e. The van der Waals surface area contributed by atoms with Crippen LogP contribution in [0.25, 0.3) is 0 Å². The number of aliphatic hydroxyl groups is 4. The van der Waals surface area contributed by atoms with Gasteiger partial charge in [-0.15, -0.1) is 0 Å². The number of rotatable bonds is 27. The van der Waals surface area contributed by atoms with Gasteiger partial charge in [0.05, 0.1) is 56.8 Å². The van der Waals surface area contributed by atoms with Crippen molar-refractivity contribution in [2.24, 2.45) is 17.6 Å². The van der Waals surface area contributed by atoms with Crippen molar-refractivity contribution in [1.29, 1.82) is 0 Å². The second kappa shape index (κ2) is 43.3. The summed E-state index contributed by atoms with van der Waals surface area (Å²) in [6.45, 7) is 7.37. The third-order valence-corrected chi connectivity index (χ3v) is 20.5. The summed E-state index contributed by atoms with van der Waals surface area (Å²) in [7, 11) is 0. The summed E-state index contributed by atoms with van der Waals surface area (Å²) in [5.74, 6) is -7.97. The molecule has 0 radical (unpaired) electrons. The van der Waals surface area contributed by atoms with E-state index in [1.165, 1.54) is 23.5 Å². The van der Waals surface area contributed by atoms with Gasteiger partial charge in [0.15, 0.2) is 0 Å². The number of carbonyl (C=O) groups is 12.